The first-order chi connectivity index (χ1) is 22.6. The van der Waals surface area contributed by atoms with Gasteiger partial charge < -0.3 is 20.9 Å². The van der Waals surface area contributed by atoms with Crippen molar-refractivity contribution in [2.45, 2.75) is 83.7 Å². The summed E-state index contributed by atoms with van der Waals surface area (Å²) in [6, 6.07) is 8.37. The molecule has 256 valence electrons. The second-order valence-corrected chi connectivity index (χ2v) is 13.7. The number of nitrogens with two attached hydrogens (primary N) is 1. The van der Waals surface area contributed by atoms with Gasteiger partial charge in [-0.25, -0.2) is 14.8 Å². The Morgan fingerprint density at radius 2 is 1.52 bits per heavy atom. The highest BCUT2D eigenvalue weighted by Gasteiger charge is 2.31. The average Bonchev–Trinajstić information content (AvgIpc) is 3.97. The van der Waals surface area contributed by atoms with E-state index < -0.39 is 29.5 Å². The number of nitrogens with zero attached hydrogens (tertiary/aromatic N) is 5. The van der Waals surface area contributed by atoms with Crippen LogP contribution in [-0.4, -0.2) is 60.7 Å². The Kier molecular flexibility index (Phi) is 12.0. The molecule has 1 amide bonds. The number of nitrogens with one attached hydrogen (secondary N) is 1. The molecule has 14 heteroatoms. The van der Waals surface area contributed by atoms with Gasteiger partial charge >= 0.3 is 12.1 Å². The predicted molar refractivity (Wildman–Crippen MR) is 185 cm³/mol. The number of hydrogen-bond donors (Lipinski definition) is 3. The van der Waals surface area contributed by atoms with Crippen LogP contribution in [0, 0.1) is 5.92 Å². The van der Waals surface area contributed by atoms with Gasteiger partial charge in [-0.05, 0) is 89.6 Å². The van der Waals surface area contributed by atoms with Crippen LogP contribution in [0.3, 0.4) is 0 Å². The normalized spacial score (nSPS) is 16.6. The second-order valence-electron chi connectivity index (χ2n) is 13.0. The van der Waals surface area contributed by atoms with Crippen molar-refractivity contribution in [2.24, 2.45) is 16.6 Å². The van der Waals surface area contributed by atoms with Crippen LogP contribution >= 0.6 is 23.2 Å². The molecule has 2 atom stereocenters. The first-order valence-electron chi connectivity index (χ1n) is 15.7. The predicted octanol–water partition coefficient (Wildman–Crippen LogP) is 6.95. The minimum absolute atomic E-state index is 0.272. The fourth-order valence-corrected chi connectivity index (χ4v) is 4.64. The van der Waals surface area contributed by atoms with Crippen molar-refractivity contribution in [1.29, 1.82) is 0 Å². The Hall–Kier alpha value is -4.29. The first-order valence-corrected chi connectivity index (χ1v) is 16.5. The number of aromatic nitrogens is 4. The highest BCUT2D eigenvalue weighted by Crippen LogP contribution is 2.40. The summed E-state index contributed by atoms with van der Waals surface area (Å²) in [5.41, 5.74) is 9.22. The number of halogens is 2. The van der Waals surface area contributed by atoms with Crippen LogP contribution in [0.25, 0.3) is 0 Å². The number of carbonyl (C=O) groups excluding carboxylic acids is 2. The number of carbonyl (C=O) groups is 3. The Morgan fingerprint density at radius 1 is 0.958 bits per heavy atom. The van der Waals surface area contributed by atoms with Gasteiger partial charge in [0, 0.05) is 41.7 Å². The lowest BCUT2D eigenvalue weighted by molar-refractivity contribution is -0.138. The number of allylic oxidation sites excluding steroid dienone is 1. The maximum absolute atomic E-state index is 12.7. The van der Waals surface area contributed by atoms with Gasteiger partial charge in [0.25, 0.3) is 0 Å². The van der Waals surface area contributed by atoms with E-state index in [9.17, 15) is 14.4 Å². The average molecular weight is 699 g/mol. The topological polar surface area (TPSA) is 175 Å². The molecule has 3 aromatic heterocycles. The smallest absolute Gasteiger partial charge is 0.437 e. The van der Waals surface area contributed by atoms with Gasteiger partial charge in [-0.1, -0.05) is 35.3 Å². The molecule has 3 aliphatic rings. The lowest BCUT2D eigenvalue weighted by atomic mass is 10.0. The van der Waals surface area contributed by atoms with Crippen LogP contribution in [0.2, 0.25) is 10.3 Å². The fourth-order valence-electron chi connectivity index (χ4n) is 4.42. The van der Waals surface area contributed by atoms with E-state index in [0.29, 0.717) is 27.6 Å². The third-order valence-electron chi connectivity index (χ3n) is 7.58. The second kappa shape index (κ2) is 15.7. The molecule has 6 rings (SSSR count). The third kappa shape index (κ3) is 10.9. The van der Waals surface area contributed by atoms with Crippen molar-refractivity contribution in [3.63, 3.8) is 0 Å². The zero-order chi connectivity index (χ0) is 35.2. The van der Waals surface area contributed by atoms with Crippen molar-refractivity contribution >= 4 is 52.7 Å². The van der Waals surface area contributed by atoms with E-state index in [2.05, 4.69) is 25.4 Å². The Balaban J connectivity index is 0.000000201. The Morgan fingerprint density at radius 3 is 1.96 bits per heavy atom. The number of hydrogen-bond acceptors (Lipinski definition) is 9. The van der Waals surface area contributed by atoms with E-state index in [-0.39, 0.29) is 5.91 Å². The zero-order valence-corrected chi connectivity index (χ0v) is 29.1. The van der Waals surface area contributed by atoms with Crippen molar-refractivity contribution in [3.05, 3.63) is 81.6 Å². The number of anilines is 1. The molecule has 2 unspecified atom stereocenters. The Labute approximate surface area is 289 Å². The molecule has 2 fully saturated rings. The van der Waals surface area contributed by atoms with Crippen LogP contribution < -0.4 is 11.1 Å². The quantitative estimate of drug-likeness (QED) is 0.221. The summed E-state index contributed by atoms with van der Waals surface area (Å²) in [5.74, 6) is -0.723. The molecule has 2 aliphatic carbocycles. The Bertz CT molecular complexity index is 1670. The van der Waals surface area contributed by atoms with E-state index in [1.165, 1.54) is 24.8 Å². The van der Waals surface area contributed by atoms with Gasteiger partial charge in [-0.15, -0.1) is 4.68 Å². The number of carboxylic acid groups (broad SMARTS) is 1. The van der Waals surface area contributed by atoms with E-state index in [4.69, 9.17) is 38.8 Å². The molecule has 1 aliphatic heterocycles. The van der Waals surface area contributed by atoms with Crippen molar-refractivity contribution in [3.8, 4) is 0 Å². The van der Waals surface area contributed by atoms with Gasteiger partial charge in [-0.2, -0.15) is 5.10 Å². The summed E-state index contributed by atoms with van der Waals surface area (Å²) in [7, 11) is 0. The summed E-state index contributed by atoms with van der Waals surface area (Å²) >= 11 is 11.3. The van der Waals surface area contributed by atoms with E-state index in [0.717, 1.165) is 46.9 Å². The van der Waals surface area contributed by atoms with Crippen LogP contribution in [-0.2, 0) is 14.3 Å². The molecule has 0 spiro atoms. The van der Waals surface area contributed by atoms with Gasteiger partial charge in [0.05, 0.1) is 24.1 Å². The van der Waals surface area contributed by atoms with Crippen LogP contribution in [0.1, 0.15) is 94.9 Å². The van der Waals surface area contributed by atoms with Gasteiger partial charge in [-0.3, -0.25) is 14.6 Å². The molecule has 12 nitrogen and oxygen atoms in total. The van der Waals surface area contributed by atoms with Crippen molar-refractivity contribution < 1.29 is 24.2 Å². The number of pyridine rings is 2. The molecule has 0 radical (unpaired) electrons. The number of ether oxygens (including phenoxy) is 1. The van der Waals surface area contributed by atoms with E-state index in [1.54, 1.807) is 71.1 Å². The molecule has 0 bridgehead atoms. The SMILES string of the molecule is CC(C(=O)Nc1cc(C2CC2)nn1C(=O)OC(C)(C)C)c1ccc(Cl)nc1.CC(C(=O)O)c1ccc(Cl)nc1.NC1=CC(C2CC2)=NC1. The lowest BCUT2D eigenvalue weighted by Crippen LogP contribution is -2.30. The summed E-state index contributed by atoms with van der Waals surface area (Å²) in [6.45, 7) is 9.45. The summed E-state index contributed by atoms with van der Waals surface area (Å²) in [5, 5.41) is 16.5. The molecule has 4 heterocycles. The molecule has 3 aromatic rings. The lowest BCUT2D eigenvalue weighted by Gasteiger charge is -2.20. The monoisotopic (exact) mass is 697 g/mol. The maximum atomic E-state index is 12.7. The van der Waals surface area contributed by atoms with Crippen LogP contribution in [0.5, 0.6) is 0 Å². The van der Waals surface area contributed by atoms with Crippen LogP contribution in [0.4, 0.5) is 10.6 Å². The standard InChI is InChI=1S/C19H23ClN4O3.C8H8ClNO2.C7H10N2/c1-11(13-7-8-15(20)21-10-13)17(25)22-16-9-14(12-5-6-12)23-24(16)18(26)27-19(2,3)4;1-5(8(11)12)6-2-3-7(9)10-4-6;8-6-3-7(9-4-6)5-1-2-5/h7-12H,5-6H2,1-4H3,(H,22,25);2-5H,1H3,(H,11,12);3,5H,1-2,4,8H2. The number of rotatable bonds is 7. The number of amides is 1. The first kappa shape index (κ1) is 36.5. The van der Waals surface area contributed by atoms with Gasteiger partial charge in [0.15, 0.2) is 0 Å². The largest absolute Gasteiger partial charge is 0.481 e. The molecule has 4 N–H and O–H groups in total. The summed E-state index contributed by atoms with van der Waals surface area (Å²) < 4.78 is 6.53. The highest BCUT2D eigenvalue weighted by atomic mass is 35.5. The van der Waals surface area contributed by atoms with E-state index >= 15 is 0 Å². The zero-order valence-electron chi connectivity index (χ0n) is 27.6. The van der Waals surface area contributed by atoms with Gasteiger partial charge in [0.1, 0.15) is 21.7 Å². The molecule has 0 aromatic carbocycles. The minimum Gasteiger partial charge on any atom is -0.481 e. The summed E-state index contributed by atoms with van der Waals surface area (Å²) in [6.07, 6.45) is 9.15. The molecule has 0 saturated heterocycles. The van der Waals surface area contributed by atoms with Gasteiger partial charge in [0.2, 0.25) is 5.91 Å². The number of aliphatic carboxylic acids is 1. The number of carboxylic acids is 1. The molecular formula is C34H41Cl2N7O5. The molecule has 2 saturated carbocycles. The summed E-state index contributed by atoms with van der Waals surface area (Å²) in [4.78, 5) is 47.8. The van der Waals surface area contributed by atoms with Crippen LogP contribution in [0.15, 0.2) is 59.5 Å². The maximum Gasteiger partial charge on any atom is 0.437 e. The molecular weight excluding hydrogens is 657 g/mol. The third-order valence-corrected chi connectivity index (χ3v) is 8.03. The van der Waals surface area contributed by atoms with Crippen molar-refractivity contribution in [1.82, 2.24) is 19.7 Å². The minimum atomic E-state index is -0.862. The number of aliphatic imine (C=N–C) groups is 1. The highest BCUT2D eigenvalue weighted by molar-refractivity contribution is 6.29. The van der Waals surface area contributed by atoms with Crippen molar-refractivity contribution in [2.75, 3.05) is 11.9 Å². The van der Waals surface area contributed by atoms with E-state index in [1.807, 2.05) is 6.08 Å². The fraction of sp³-hybridized carbons (Fsp3) is 0.441. The molecule has 48 heavy (non-hydrogen) atoms.